The Bertz CT molecular complexity index is 1100. The van der Waals surface area contributed by atoms with E-state index in [4.69, 9.17) is 4.74 Å². The zero-order chi connectivity index (χ0) is 23.4. The van der Waals surface area contributed by atoms with Crippen LogP contribution in [0.1, 0.15) is 36.8 Å². The molecule has 178 valence electrons. The number of rotatable bonds is 8. The van der Waals surface area contributed by atoms with Gasteiger partial charge in [0, 0.05) is 30.1 Å². The molecule has 10 heteroatoms. The molecule has 2 N–H and O–H groups in total. The number of nitrogens with one attached hydrogen (secondary N) is 2. The highest BCUT2D eigenvalue weighted by Crippen LogP contribution is 2.26. The maximum atomic E-state index is 13.3. The van der Waals surface area contributed by atoms with Crippen LogP contribution in [0.3, 0.4) is 0 Å². The van der Waals surface area contributed by atoms with Crippen molar-refractivity contribution in [3.8, 4) is 0 Å². The first-order valence-electron chi connectivity index (χ1n) is 11.2. The van der Waals surface area contributed by atoms with Crippen LogP contribution < -0.4 is 10.0 Å². The molecule has 1 aromatic heterocycles. The Morgan fingerprint density at radius 2 is 2.00 bits per heavy atom. The summed E-state index contributed by atoms with van der Waals surface area (Å²) in [6.07, 6.45) is 0.737. The lowest BCUT2D eigenvalue weighted by Crippen LogP contribution is -2.46. The molecule has 1 aromatic carbocycles. The van der Waals surface area contributed by atoms with Crippen LogP contribution in [-0.4, -0.2) is 64.0 Å². The van der Waals surface area contributed by atoms with E-state index in [-0.39, 0.29) is 28.6 Å². The number of benzene rings is 1. The quantitative estimate of drug-likeness (QED) is 0.592. The molecule has 0 aliphatic carbocycles. The fourth-order valence-electron chi connectivity index (χ4n) is 4.12. The predicted octanol–water partition coefficient (Wildman–Crippen LogP) is 2.39. The third-order valence-corrected chi connectivity index (χ3v) is 8.58. The van der Waals surface area contributed by atoms with Crippen LogP contribution in [0.4, 0.5) is 0 Å². The van der Waals surface area contributed by atoms with E-state index < -0.39 is 16.1 Å². The topological polar surface area (TPSA) is 100 Å². The summed E-state index contributed by atoms with van der Waals surface area (Å²) in [4.78, 5) is 21.7. The fraction of sp³-hybridized carbons (Fsp3) is 0.478. The predicted molar refractivity (Wildman–Crippen MR) is 129 cm³/mol. The number of amides is 1. The summed E-state index contributed by atoms with van der Waals surface area (Å²) >= 11 is 1.68. The number of hydrogen-bond donors (Lipinski definition) is 2. The normalized spacial score (nSPS) is 21.7. The number of aliphatic imine (C=N–C) groups is 1. The van der Waals surface area contributed by atoms with Crippen molar-refractivity contribution in [2.24, 2.45) is 10.9 Å². The molecule has 4 rings (SSSR count). The van der Waals surface area contributed by atoms with Crippen LogP contribution in [0.15, 0.2) is 51.7 Å². The van der Waals surface area contributed by atoms with Gasteiger partial charge in [-0.05, 0) is 29.5 Å². The van der Waals surface area contributed by atoms with Gasteiger partial charge in [0.15, 0.2) is 0 Å². The smallest absolute Gasteiger partial charge is 0.263 e. The molecule has 3 atom stereocenters. The zero-order valence-corrected chi connectivity index (χ0v) is 20.5. The summed E-state index contributed by atoms with van der Waals surface area (Å²) in [6, 6.07) is 10.2. The van der Waals surface area contributed by atoms with Crippen molar-refractivity contribution in [1.82, 2.24) is 14.9 Å². The number of amidine groups is 1. The van der Waals surface area contributed by atoms with Gasteiger partial charge in [-0.25, -0.2) is 8.42 Å². The monoisotopic (exact) mass is 490 g/mol. The Hall–Kier alpha value is -2.27. The lowest BCUT2D eigenvalue weighted by Gasteiger charge is -2.34. The Morgan fingerprint density at radius 3 is 2.70 bits per heavy atom. The number of carbonyl (C=O) groups is 1. The number of morpholine rings is 1. The first-order valence-corrected chi connectivity index (χ1v) is 13.6. The Labute approximate surface area is 199 Å². The van der Waals surface area contributed by atoms with Crippen molar-refractivity contribution in [2.75, 3.05) is 32.8 Å². The number of carbonyl (C=O) groups excluding carboxylic acids is 1. The van der Waals surface area contributed by atoms with E-state index in [1.54, 1.807) is 35.6 Å². The van der Waals surface area contributed by atoms with Crippen LogP contribution >= 0.6 is 11.3 Å². The number of sulfonamides is 1. The summed E-state index contributed by atoms with van der Waals surface area (Å²) in [7, 11) is -3.66. The molecule has 1 amide bonds. The average molecular weight is 491 g/mol. The van der Waals surface area contributed by atoms with Crippen LogP contribution in [0.5, 0.6) is 0 Å². The van der Waals surface area contributed by atoms with Crippen LogP contribution in [0.2, 0.25) is 0 Å². The van der Waals surface area contributed by atoms with Gasteiger partial charge in [-0.3, -0.25) is 19.4 Å². The second-order valence-corrected chi connectivity index (χ2v) is 11.0. The van der Waals surface area contributed by atoms with Crippen LogP contribution in [-0.2, 0) is 19.6 Å². The minimum Gasteiger partial charge on any atom is -0.379 e. The average Bonchev–Trinajstić information content (AvgIpc) is 3.44. The number of thiophene rings is 1. The van der Waals surface area contributed by atoms with Crippen molar-refractivity contribution in [2.45, 2.75) is 37.2 Å². The maximum absolute atomic E-state index is 13.3. The molecule has 8 nitrogen and oxygen atoms in total. The number of fused-ring (bicyclic) bond motifs is 1. The van der Waals surface area contributed by atoms with Gasteiger partial charge in [-0.1, -0.05) is 38.5 Å². The molecular weight excluding hydrogens is 460 g/mol. The zero-order valence-electron chi connectivity index (χ0n) is 18.9. The molecule has 3 heterocycles. The van der Waals surface area contributed by atoms with E-state index in [0.29, 0.717) is 25.3 Å². The van der Waals surface area contributed by atoms with Crippen molar-refractivity contribution in [3.63, 3.8) is 0 Å². The van der Waals surface area contributed by atoms with Gasteiger partial charge in [-0.15, -0.1) is 11.3 Å². The van der Waals surface area contributed by atoms with Crippen molar-refractivity contribution in [1.29, 1.82) is 0 Å². The minimum atomic E-state index is -3.66. The lowest BCUT2D eigenvalue weighted by atomic mass is 9.98. The Kier molecular flexibility index (Phi) is 7.48. The SMILES string of the molecule is CC[C@H](C)[C@H](N=C1NS(=O)(=O)c2ccccc21)C(=O)NCC(c1cccs1)N1CCOCC1. The van der Waals surface area contributed by atoms with Crippen LogP contribution in [0, 0.1) is 5.92 Å². The molecule has 1 fully saturated rings. The van der Waals surface area contributed by atoms with Crippen molar-refractivity contribution in [3.05, 3.63) is 52.2 Å². The summed E-state index contributed by atoms with van der Waals surface area (Å²) in [6.45, 7) is 7.40. The van der Waals surface area contributed by atoms with Gasteiger partial charge in [0.1, 0.15) is 11.9 Å². The number of ether oxygens (including phenoxy) is 1. The van der Waals surface area contributed by atoms with Gasteiger partial charge in [0.2, 0.25) is 5.91 Å². The lowest BCUT2D eigenvalue weighted by molar-refractivity contribution is -0.123. The molecular formula is C23H30N4O4S2. The third kappa shape index (κ3) is 5.29. The van der Waals surface area contributed by atoms with E-state index in [0.717, 1.165) is 19.5 Å². The van der Waals surface area contributed by atoms with Crippen molar-refractivity contribution >= 4 is 33.1 Å². The first-order chi connectivity index (χ1) is 15.9. The highest BCUT2D eigenvalue weighted by Gasteiger charge is 2.33. The highest BCUT2D eigenvalue weighted by atomic mass is 32.2. The molecule has 2 aliphatic rings. The van der Waals surface area contributed by atoms with Gasteiger partial charge in [-0.2, -0.15) is 0 Å². The molecule has 2 aromatic rings. The van der Waals surface area contributed by atoms with E-state index >= 15 is 0 Å². The standard InChI is InChI=1S/C23H30N4O4S2/c1-3-16(2)21(25-22-17-7-4-5-9-20(17)33(29,30)26-22)23(28)24-15-18(19-8-6-14-32-19)27-10-12-31-13-11-27/h4-9,14,16,18,21H,3,10-13,15H2,1-2H3,(H,24,28)(H,25,26)/t16-,18?,21-/m0/s1. The van der Waals surface area contributed by atoms with E-state index in [1.807, 2.05) is 25.3 Å². The Balaban J connectivity index is 1.54. The highest BCUT2D eigenvalue weighted by molar-refractivity contribution is 7.90. The first kappa shape index (κ1) is 23.9. The van der Waals surface area contributed by atoms with Crippen LogP contribution in [0.25, 0.3) is 0 Å². The molecule has 0 bridgehead atoms. The van der Waals surface area contributed by atoms with E-state index in [2.05, 4.69) is 26.0 Å². The maximum Gasteiger partial charge on any atom is 0.263 e. The minimum absolute atomic E-state index is 0.0571. The van der Waals surface area contributed by atoms with Gasteiger partial charge in [0.25, 0.3) is 10.0 Å². The van der Waals surface area contributed by atoms with E-state index in [9.17, 15) is 13.2 Å². The second kappa shape index (κ2) is 10.3. The van der Waals surface area contributed by atoms with Crippen molar-refractivity contribution < 1.29 is 17.9 Å². The molecule has 1 saturated heterocycles. The molecule has 1 unspecified atom stereocenters. The summed E-state index contributed by atoms with van der Waals surface area (Å²) in [5.74, 6) is -0.0254. The summed E-state index contributed by atoms with van der Waals surface area (Å²) < 4.78 is 33.0. The van der Waals surface area contributed by atoms with E-state index in [1.165, 1.54) is 4.88 Å². The molecule has 0 radical (unpaired) electrons. The van der Waals surface area contributed by atoms with Gasteiger partial charge >= 0.3 is 0 Å². The molecule has 0 spiro atoms. The fourth-order valence-corrected chi connectivity index (χ4v) is 6.22. The summed E-state index contributed by atoms with van der Waals surface area (Å²) in [5.41, 5.74) is 0.503. The number of nitrogens with zero attached hydrogens (tertiary/aromatic N) is 2. The van der Waals surface area contributed by atoms with Gasteiger partial charge in [0.05, 0.1) is 24.2 Å². The molecule has 0 saturated carbocycles. The van der Waals surface area contributed by atoms with Gasteiger partial charge < -0.3 is 10.1 Å². The largest absolute Gasteiger partial charge is 0.379 e. The molecule has 33 heavy (non-hydrogen) atoms. The second-order valence-electron chi connectivity index (χ2n) is 8.33. The third-order valence-electron chi connectivity index (χ3n) is 6.21. The Morgan fingerprint density at radius 1 is 1.24 bits per heavy atom. The number of hydrogen-bond acceptors (Lipinski definition) is 7. The summed E-state index contributed by atoms with van der Waals surface area (Å²) in [5, 5.41) is 5.15. The molecule has 2 aliphatic heterocycles.